The largest absolute Gasteiger partial charge is 0.265 e. The van der Waals surface area contributed by atoms with Gasteiger partial charge in [-0.25, -0.2) is 9.97 Å². The summed E-state index contributed by atoms with van der Waals surface area (Å²) in [5.74, 6) is 0.584. The predicted octanol–water partition coefficient (Wildman–Crippen LogP) is 3.07. The lowest BCUT2D eigenvalue weighted by Gasteiger charge is -2.03. The zero-order valence-electron chi connectivity index (χ0n) is 8.60. The van der Waals surface area contributed by atoms with Gasteiger partial charge in [0.15, 0.2) is 0 Å². The van der Waals surface area contributed by atoms with E-state index in [-0.39, 0.29) is 0 Å². The average Bonchev–Trinajstić information content (AvgIpc) is 3.13. The summed E-state index contributed by atoms with van der Waals surface area (Å²) in [6.07, 6.45) is 5.93. The van der Waals surface area contributed by atoms with Crippen LogP contribution in [0, 0.1) is 0 Å². The summed E-state index contributed by atoms with van der Waals surface area (Å²) >= 11 is 5.93. The molecule has 2 aromatic heterocycles. The van der Waals surface area contributed by atoms with Gasteiger partial charge in [-0.05, 0) is 42.6 Å². The Morgan fingerprint density at radius 1 is 1.12 bits per heavy atom. The van der Waals surface area contributed by atoms with Crippen LogP contribution < -0.4 is 0 Å². The van der Waals surface area contributed by atoms with E-state index in [2.05, 4.69) is 15.0 Å². The van der Waals surface area contributed by atoms with Gasteiger partial charge in [-0.2, -0.15) is 0 Å². The van der Waals surface area contributed by atoms with Crippen molar-refractivity contribution in [3.05, 3.63) is 41.6 Å². The van der Waals surface area contributed by atoms with Crippen LogP contribution >= 0.6 is 11.6 Å². The van der Waals surface area contributed by atoms with Crippen molar-refractivity contribution in [2.45, 2.75) is 18.8 Å². The van der Waals surface area contributed by atoms with E-state index in [0.29, 0.717) is 11.2 Å². The number of halogens is 1. The number of hydrogen-bond donors (Lipinski definition) is 0. The van der Waals surface area contributed by atoms with E-state index >= 15 is 0 Å². The van der Waals surface area contributed by atoms with Gasteiger partial charge in [0.2, 0.25) is 5.28 Å². The van der Waals surface area contributed by atoms with Gasteiger partial charge >= 0.3 is 0 Å². The topological polar surface area (TPSA) is 38.7 Å². The Kier molecular flexibility index (Phi) is 2.33. The minimum absolute atomic E-state index is 0.330. The summed E-state index contributed by atoms with van der Waals surface area (Å²) in [5, 5.41) is 0.330. The molecule has 0 spiro atoms. The fourth-order valence-corrected chi connectivity index (χ4v) is 1.88. The van der Waals surface area contributed by atoms with Crippen LogP contribution in [0.2, 0.25) is 5.28 Å². The molecular formula is C12H10ClN3. The Balaban J connectivity index is 2.06. The molecule has 3 rings (SSSR count). The summed E-state index contributed by atoms with van der Waals surface area (Å²) in [4.78, 5) is 12.5. The molecule has 0 radical (unpaired) electrons. The first kappa shape index (κ1) is 9.73. The minimum Gasteiger partial charge on any atom is -0.265 e. The van der Waals surface area contributed by atoms with Crippen LogP contribution in [0.15, 0.2) is 30.6 Å². The number of hydrogen-bond acceptors (Lipinski definition) is 3. The van der Waals surface area contributed by atoms with Crippen molar-refractivity contribution < 1.29 is 0 Å². The molecular weight excluding hydrogens is 222 g/mol. The van der Waals surface area contributed by atoms with Gasteiger partial charge in [0, 0.05) is 29.6 Å². The Hall–Kier alpha value is -1.48. The molecule has 2 heterocycles. The predicted molar refractivity (Wildman–Crippen MR) is 62.2 cm³/mol. The monoisotopic (exact) mass is 231 g/mol. The van der Waals surface area contributed by atoms with E-state index < -0.39 is 0 Å². The van der Waals surface area contributed by atoms with Crippen LogP contribution in [0.1, 0.15) is 24.5 Å². The minimum atomic E-state index is 0.330. The van der Waals surface area contributed by atoms with Crippen LogP contribution in [0.3, 0.4) is 0 Å². The third-order valence-corrected chi connectivity index (χ3v) is 2.86. The highest BCUT2D eigenvalue weighted by Gasteiger charge is 2.26. The first-order valence-electron chi connectivity index (χ1n) is 5.28. The van der Waals surface area contributed by atoms with Gasteiger partial charge in [0.05, 0.1) is 5.69 Å². The SMILES string of the molecule is Clc1nc(-c2ccncc2)cc(C2CC2)n1. The van der Waals surface area contributed by atoms with Crippen LogP contribution in [-0.4, -0.2) is 15.0 Å². The fourth-order valence-electron chi connectivity index (χ4n) is 1.69. The van der Waals surface area contributed by atoms with Gasteiger partial charge in [-0.3, -0.25) is 4.98 Å². The van der Waals surface area contributed by atoms with E-state index in [4.69, 9.17) is 11.6 Å². The third-order valence-electron chi connectivity index (χ3n) is 2.69. The van der Waals surface area contributed by atoms with Crippen molar-refractivity contribution in [1.29, 1.82) is 0 Å². The first-order valence-corrected chi connectivity index (χ1v) is 5.65. The van der Waals surface area contributed by atoms with Crippen molar-refractivity contribution in [3.63, 3.8) is 0 Å². The molecule has 1 aliphatic carbocycles. The molecule has 0 unspecified atom stereocenters. The maximum absolute atomic E-state index is 5.93. The molecule has 80 valence electrons. The Morgan fingerprint density at radius 3 is 2.56 bits per heavy atom. The van der Waals surface area contributed by atoms with Crippen molar-refractivity contribution in [2.75, 3.05) is 0 Å². The summed E-state index contributed by atoms with van der Waals surface area (Å²) in [5.41, 5.74) is 2.97. The van der Waals surface area contributed by atoms with E-state index in [0.717, 1.165) is 17.0 Å². The smallest absolute Gasteiger partial charge is 0.223 e. The highest BCUT2D eigenvalue weighted by Crippen LogP contribution is 2.40. The number of nitrogens with zero attached hydrogens (tertiary/aromatic N) is 3. The van der Waals surface area contributed by atoms with Crippen molar-refractivity contribution in [2.24, 2.45) is 0 Å². The second-order valence-electron chi connectivity index (χ2n) is 3.96. The zero-order valence-corrected chi connectivity index (χ0v) is 9.35. The Labute approximate surface area is 98.5 Å². The third kappa shape index (κ3) is 1.91. The normalized spacial score (nSPS) is 15.1. The Morgan fingerprint density at radius 2 is 1.88 bits per heavy atom. The molecule has 0 amide bonds. The molecule has 0 atom stereocenters. The van der Waals surface area contributed by atoms with Crippen LogP contribution in [0.25, 0.3) is 11.3 Å². The molecule has 0 bridgehead atoms. The molecule has 2 aromatic rings. The molecule has 4 heteroatoms. The lowest BCUT2D eigenvalue weighted by molar-refractivity contribution is 0.990. The molecule has 1 aliphatic rings. The average molecular weight is 232 g/mol. The fraction of sp³-hybridized carbons (Fsp3) is 0.250. The molecule has 3 nitrogen and oxygen atoms in total. The maximum atomic E-state index is 5.93. The zero-order chi connectivity index (χ0) is 11.0. The molecule has 1 fully saturated rings. The van der Waals surface area contributed by atoms with E-state index in [9.17, 15) is 0 Å². The van der Waals surface area contributed by atoms with Crippen LogP contribution in [0.5, 0.6) is 0 Å². The number of rotatable bonds is 2. The van der Waals surface area contributed by atoms with E-state index in [1.807, 2.05) is 18.2 Å². The lowest BCUT2D eigenvalue weighted by atomic mass is 10.1. The highest BCUT2D eigenvalue weighted by molar-refractivity contribution is 6.28. The van der Waals surface area contributed by atoms with E-state index in [1.54, 1.807) is 12.4 Å². The lowest BCUT2D eigenvalue weighted by Crippen LogP contribution is -1.93. The van der Waals surface area contributed by atoms with Gasteiger partial charge < -0.3 is 0 Å². The number of pyridine rings is 1. The first-order chi connectivity index (χ1) is 7.83. The molecule has 16 heavy (non-hydrogen) atoms. The highest BCUT2D eigenvalue weighted by atomic mass is 35.5. The van der Waals surface area contributed by atoms with Crippen molar-refractivity contribution >= 4 is 11.6 Å². The second kappa shape index (κ2) is 3.83. The summed E-state index contributed by atoms with van der Waals surface area (Å²) in [6.45, 7) is 0. The maximum Gasteiger partial charge on any atom is 0.223 e. The second-order valence-corrected chi connectivity index (χ2v) is 4.30. The van der Waals surface area contributed by atoms with E-state index in [1.165, 1.54) is 12.8 Å². The Bertz CT molecular complexity index is 509. The summed E-state index contributed by atoms with van der Waals surface area (Å²) in [7, 11) is 0. The summed E-state index contributed by atoms with van der Waals surface area (Å²) < 4.78 is 0. The van der Waals surface area contributed by atoms with Crippen molar-refractivity contribution in [3.8, 4) is 11.3 Å². The van der Waals surface area contributed by atoms with Gasteiger partial charge in [-0.15, -0.1) is 0 Å². The van der Waals surface area contributed by atoms with Crippen LogP contribution in [-0.2, 0) is 0 Å². The van der Waals surface area contributed by atoms with Gasteiger partial charge in [0.25, 0.3) is 0 Å². The molecule has 0 aliphatic heterocycles. The van der Waals surface area contributed by atoms with Gasteiger partial charge in [-0.1, -0.05) is 0 Å². The number of aromatic nitrogens is 3. The molecule has 0 aromatic carbocycles. The molecule has 0 saturated heterocycles. The molecule has 0 N–H and O–H groups in total. The molecule has 1 saturated carbocycles. The standard InChI is InChI=1S/C12H10ClN3/c13-12-15-10(8-1-2-8)7-11(16-12)9-3-5-14-6-4-9/h3-8H,1-2H2. The van der Waals surface area contributed by atoms with Crippen LogP contribution in [0.4, 0.5) is 0 Å². The van der Waals surface area contributed by atoms with Crippen molar-refractivity contribution in [1.82, 2.24) is 15.0 Å². The quantitative estimate of drug-likeness (QED) is 0.746. The van der Waals surface area contributed by atoms with Gasteiger partial charge in [0.1, 0.15) is 0 Å². The summed E-state index contributed by atoms with van der Waals surface area (Å²) in [6, 6.07) is 5.88.